The van der Waals surface area contributed by atoms with Crippen LogP contribution in [0.1, 0.15) is 24.0 Å². The number of morpholine rings is 1. The van der Waals surface area contributed by atoms with Gasteiger partial charge in [0.1, 0.15) is 0 Å². The molecule has 154 valence electrons. The van der Waals surface area contributed by atoms with Crippen molar-refractivity contribution in [2.24, 2.45) is 0 Å². The molecule has 1 aliphatic carbocycles. The molecular formula is C22H23Cl3N2O2. The minimum Gasteiger partial charge on any atom is -0.374 e. The van der Waals surface area contributed by atoms with Crippen LogP contribution in [0.4, 0.5) is 0 Å². The molecule has 0 radical (unpaired) electrons. The van der Waals surface area contributed by atoms with Crippen molar-refractivity contribution in [2.45, 2.75) is 30.9 Å². The summed E-state index contributed by atoms with van der Waals surface area (Å²) < 4.78 is 5.87. The van der Waals surface area contributed by atoms with E-state index >= 15 is 0 Å². The van der Waals surface area contributed by atoms with Gasteiger partial charge in [0.25, 0.3) is 0 Å². The highest BCUT2D eigenvalue weighted by molar-refractivity contribution is 6.42. The molecule has 1 unspecified atom stereocenters. The molecule has 1 saturated heterocycles. The van der Waals surface area contributed by atoms with Crippen LogP contribution in [-0.2, 0) is 21.5 Å². The van der Waals surface area contributed by atoms with Gasteiger partial charge in [-0.15, -0.1) is 0 Å². The van der Waals surface area contributed by atoms with Crippen molar-refractivity contribution < 1.29 is 9.53 Å². The Hall–Kier alpha value is -1.30. The van der Waals surface area contributed by atoms with Gasteiger partial charge in [0, 0.05) is 31.2 Å². The topological polar surface area (TPSA) is 41.6 Å². The lowest BCUT2D eigenvalue weighted by atomic mass is 9.95. The Morgan fingerprint density at radius 2 is 1.86 bits per heavy atom. The molecule has 4 nitrogen and oxygen atoms in total. The molecule has 2 fully saturated rings. The first kappa shape index (κ1) is 21.0. The zero-order chi connectivity index (χ0) is 20.4. The maximum Gasteiger partial charge on any atom is 0.230 e. The minimum absolute atomic E-state index is 0.0310. The fraction of sp³-hybridized carbons (Fsp3) is 0.409. The normalized spacial score (nSPS) is 21.0. The lowest BCUT2D eigenvalue weighted by molar-refractivity contribution is -0.124. The predicted octanol–water partition coefficient (Wildman–Crippen LogP) is 4.70. The summed E-state index contributed by atoms with van der Waals surface area (Å²) in [6.45, 7) is 3.53. The molecule has 4 rings (SSSR count). The summed E-state index contributed by atoms with van der Waals surface area (Å²) in [4.78, 5) is 15.2. The maximum atomic E-state index is 12.9. The largest absolute Gasteiger partial charge is 0.374 e. The van der Waals surface area contributed by atoms with Crippen LogP contribution >= 0.6 is 34.8 Å². The highest BCUT2D eigenvalue weighted by Gasteiger charge is 2.51. The average Bonchev–Trinajstić information content (AvgIpc) is 3.52. The van der Waals surface area contributed by atoms with Crippen molar-refractivity contribution in [1.82, 2.24) is 10.2 Å². The number of halogens is 3. The maximum absolute atomic E-state index is 12.9. The first-order valence-corrected chi connectivity index (χ1v) is 10.9. The second kappa shape index (κ2) is 8.83. The van der Waals surface area contributed by atoms with E-state index < -0.39 is 5.41 Å². The van der Waals surface area contributed by atoms with Crippen LogP contribution in [0, 0.1) is 0 Å². The van der Waals surface area contributed by atoms with Gasteiger partial charge in [-0.05, 0) is 48.2 Å². The third kappa shape index (κ3) is 4.89. The quantitative estimate of drug-likeness (QED) is 0.689. The Bertz CT molecular complexity index is 884. The van der Waals surface area contributed by atoms with E-state index in [0.717, 1.165) is 43.6 Å². The van der Waals surface area contributed by atoms with Crippen molar-refractivity contribution in [2.75, 3.05) is 26.2 Å². The fourth-order valence-electron chi connectivity index (χ4n) is 3.86. The number of hydrogen-bond acceptors (Lipinski definition) is 3. The summed E-state index contributed by atoms with van der Waals surface area (Å²) in [5, 5.41) is 4.92. The Balaban J connectivity index is 1.31. The number of rotatable bonds is 6. The minimum atomic E-state index is -0.404. The number of hydrogen-bond donors (Lipinski definition) is 1. The smallest absolute Gasteiger partial charge is 0.230 e. The Kier molecular flexibility index (Phi) is 6.38. The van der Waals surface area contributed by atoms with E-state index in [1.54, 1.807) is 0 Å². The summed E-state index contributed by atoms with van der Waals surface area (Å²) in [5.41, 5.74) is 1.74. The fourth-order valence-corrected chi connectivity index (χ4v) is 4.31. The van der Waals surface area contributed by atoms with Gasteiger partial charge in [0.05, 0.1) is 28.2 Å². The molecule has 2 aliphatic rings. The summed E-state index contributed by atoms with van der Waals surface area (Å²) in [6, 6.07) is 13.3. The molecule has 2 aromatic rings. The lowest BCUT2D eigenvalue weighted by Crippen LogP contribution is -2.48. The summed E-state index contributed by atoms with van der Waals surface area (Å²) in [5.74, 6) is 0.0741. The van der Waals surface area contributed by atoms with Gasteiger partial charge < -0.3 is 10.1 Å². The second-order valence-corrected chi connectivity index (χ2v) is 9.03. The van der Waals surface area contributed by atoms with Gasteiger partial charge in [0.2, 0.25) is 5.91 Å². The second-order valence-electron chi connectivity index (χ2n) is 7.78. The van der Waals surface area contributed by atoms with Gasteiger partial charge in [-0.3, -0.25) is 9.69 Å². The number of amides is 1. The number of nitrogens with one attached hydrogen (secondary N) is 1. The third-order valence-corrected chi connectivity index (χ3v) is 6.68. The van der Waals surface area contributed by atoms with E-state index in [1.807, 2.05) is 42.5 Å². The molecule has 1 heterocycles. The molecule has 29 heavy (non-hydrogen) atoms. The van der Waals surface area contributed by atoms with Crippen molar-refractivity contribution in [1.29, 1.82) is 0 Å². The number of carbonyl (C=O) groups is 1. The van der Waals surface area contributed by atoms with Gasteiger partial charge in [-0.1, -0.05) is 53.0 Å². The summed E-state index contributed by atoms with van der Waals surface area (Å²) in [6.07, 6.45) is 1.71. The number of benzene rings is 2. The number of ether oxygens (including phenoxy) is 1. The van der Waals surface area contributed by atoms with Gasteiger partial charge >= 0.3 is 0 Å². The van der Waals surface area contributed by atoms with Gasteiger partial charge in [0.15, 0.2) is 0 Å². The Morgan fingerprint density at radius 3 is 2.55 bits per heavy atom. The zero-order valence-corrected chi connectivity index (χ0v) is 18.2. The van der Waals surface area contributed by atoms with Crippen molar-refractivity contribution in [3.8, 4) is 0 Å². The van der Waals surface area contributed by atoms with Crippen LogP contribution in [0.2, 0.25) is 15.1 Å². The number of nitrogens with zero attached hydrogens (tertiary/aromatic N) is 1. The highest BCUT2D eigenvalue weighted by atomic mass is 35.5. The molecule has 0 bridgehead atoms. The van der Waals surface area contributed by atoms with E-state index in [-0.39, 0.29) is 12.0 Å². The van der Waals surface area contributed by atoms with Crippen LogP contribution in [0.25, 0.3) is 0 Å². The first-order chi connectivity index (χ1) is 14.0. The van der Waals surface area contributed by atoms with Crippen molar-refractivity contribution in [3.05, 3.63) is 68.7 Å². The third-order valence-electron chi connectivity index (χ3n) is 5.68. The summed E-state index contributed by atoms with van der Waals surface area (Å²) in [7, 11) is 0. The molecule has 7 heteroatoms. The van der Waals surface area contributed by atoms with Gasteiger partial charge in [-0.25, -0.2) is 0 Å². The molecular weight excluding hydrogens is 431 g/mol. The Labute approximate surface area is 186 Å². The molecule has 0 spiro atoms. The monoisotopic (exact) mass is 452 g/mol. The van der Waals surface area contributed by atoms with Crippen molar-refractivity contribution in [3.63, 3.8) is 0 Å². The van der Waals surface area contributed by atoms with Crippen LogP contribution in [0.15, 0.2) is 42.5 Å². The van der Waals surface area contributed by atoms with E-state index in [2.05, 4.69) is 10.2 Å². The molecule has 1 aliphatic heterocycles. The predicted molar refractivity (Wildman–Crippen MR) is 117 cm³/mol. The van der Waals surface area contributed by atoms with Crippen LogP contribution in [0.5, 0.6) is 0 Å². The van der Waals surface area contributed by atoms with Crippen molar-refractivity contribution >= 4 is 40.7 Å². The van der Waals surface area contributed by atoms with E-state index in [0.29, 0.717) is 28.2 Å². The molecule has 0 aromatic heterocycles. The van der Waals surface area contributed by atoms with E-state index in [4.69, 9.17) is 39.5 Å². The summed E-state index contributed by atoms with van der Waals surface area (Å²) >= 11 is 18.1. The standard InChI is InChI=1S/C22H23Cl3N2O2/c23-17-4-2-16(3-5-17)22(7-8-22)21(28)26-12-18-14-27(9-10-29-18)13-15-1-6-19(24)20(25)11-15/h1-6,11,18H,7-10,12-14H2,(H,26,28). The molecule has 2 aromatic carbocycles. The molecule has 1 saturated carbocycles. The average molecular weight is 454 g/mol. The van der Waals surface area contributed by atoms with Crippen LogP contribution < -0.4 is 5.32 Å². The van der Waals surface area contributed by atoms with Gasteiger partial charge in [-0.2, -0.15) is 0 Å². The SMILES string of the molecule is O=C(NCC1CN(Cc2ccc(Cl)c(Cl)c2)CCO1)C1(c2ccc(Cl)cc2)CC1. The van der Waals surface area contributed by atoms with E-state index in [9.17, 15) is 4.79 Å². The first-order valence-electron chi connectivity index (χ1n) is 9.78. The zero-order valence-electron chi connectivity index (χ0n) is 16.0. The van der Waals surface area contributed by atoms with Crippen LogP contribution in [-0.4, -0.2) is 43.2 Å². The lowest BCUT2D eigenvalue weighted by Gasteiger charge is -2.33. The highest BCUT2D eigenvalue weighted by Crippen LogP contribution is 2.48. The molecule has 1 N–H and O–H groups in total. The molecule has 1 atom stereocenters. The van der Waals surface area contributed by atoms with Crippen LogP contribution in [0.3, 0.4) is 0 Å². The van der Waals surface area contributed by atoms with E-state index in [1.165, 1.54) is 0 Å². The molecule has 1 amide bonds. The number of carbonyl (C=O) groups excluding carboxylic acids is 1. The Morgan fingerprint density at radius 1 is 1.10 bits per heavy atom.